The summed E-state index contributed by atoms with van der Waals surface area (Å²) >= 11 is 1.64. The van der Waals surface area contributed by atoms with Gasteiger partial charge in [-0.25, -0.2) is 9.78 Å². The topological polar surface area (TPSA) is 80.3 Å². The van der Waals surface area contributed by atoms with Crippen molar-refractivity contribution in [3.63, 3.8) is 0 Å². The van der Waals surface area contributed by atoms with Crippen LogP contribution >= 0.6 is 11.3 Å². The number of nitrogens with zero attached hydrogens (tertiary/aromatic N) is 1. The monoisotopic (exact) mass is 409 g/mol. The molecule has 2 aromatic carbocycles. The Balaban J connectivity index is 1.51. The summed E-state index contributed by atoms with van der Waals surface area (Å²) in [6.07, 6.45) is 0.185. The molecular weight excluding hydrogens is 386 g/mol. The molecule has 0 aliphatic heterocycles. The highest BCUT2D eigenvalue weighted by molar-refractivity contribution is 7.09. The van der Waals surface area contributed by atoms with Crippen molar-refractivity contribution in [2.45, 2.75) is 20.3 Å². The first-order chi connectivity index (χ1) is 14.0. The number of anilines is 1. The van der Waals surface area contributed by atoms with E-state index in [0.29, 0.717) is 17.8 Å². The zero-order valence-corrected chi connectivity index (χ0v) is 17.2. The molecule has 0 saturated carbocycles. The Morgan fingerprint density at radius 3 is 2.62 bits per heavy atom. The predicted octanol–water partition coefficient (Wildman–Crippen LogP) is 4.66. The van der Waals surface area contributed by atoms with Gasteiger partial charge in [-0.3, -0.25) is 10.1 Å². The fraction of sp³-hybridized carbons (Fsp3) is 0.227. The maximum absolute atomic E-state index is 12.4. The number of rotatable bonds is 7. The summed E-state index contributed by atoms with van der Waals surface area (Å²) in [4.78, 5) is 28.4. The number of hydrogen-bond acceptors (Lipinski definition) is 5. The van der Waals surface area contributed by atoms with Crippen molar-refractivity contribution in [2.24, 2.45) is 0 Å². The molecule has 1 heterocycles. The summed E-state index contributed by atoms with van der Waals surface area (Å²) in [6.45, 7) is 4.53. The quantitative estimate of drug-likeness (QED) is 0.595. The molecule has 6 nitrogen and oxygen atoms in total. The van der Waals surface area contributed by atoms with Gasteiger partial charge in [0.2, 0.25) is 0 Å². The summed E-state index contributed by atoms with van der Waals surface area (Å²) in [7, 11) is 0. The lowest BCUT2D eigenvalue weighted by Crippen LogP contribution is -2.25. The van der Waals surface area contributed by atoms with E-state index in [0.717, 1.165) is 28.2 Å². The van der Waals surface area contributed by atoms with E-state index in [1.807, 2.05) is 6.92 Å². The van der Waals surface area contributed by atoms with Crippen LogP contribution in [0.5, 0.6) is 0 Å². The van der Waals surface area contributed by atoms with Crippen molar-refractivity contribution in [3.8, 4) is 11.3 Å². The molecule has 0 fully saturated rings. The number of aromatic nitrogens is 1. The molecule has 0 spiro atoms. The van der Waals surface area contributed by atoms with Gasteiger partial charge in [0.15, 0.2) is 0 Å². The Labute approximate surface area is 173 Å². The Morgan fingerprint density at radius 2 is 1.93 bits per heavy atom. The third-order valence-corrected chi connectivity index (χ3v) is 4.99. The van der Waals surface area contributed by atoms with E-state index in [2.05, 4.69) is 45.3 Å². The predicted molar refractivity (Wildman–Crippen MR) is 115 cm³/mol. The summed E-state index contributed by atoms with van der Waals surface area (Å²) < 4.78 is 4.84. The van der Waals surface area contributed by atoms with Gasteiger partial charge < -0.3 is 10.1 Å². The minimum atomic E-state index is -0.540. The average molecular weight is 410 g/mol. The molecule has 2 N–H and O–H groups in total. The molecule has 3 aromatic rings. The first kappa shape index (κ1) is 20.5. The zero-order valence-electron chi connectivity index (χ0n) is 16.4. The maximum atomic E-state index is 12.4. The second-order valence-corrected chi connectivity index (χ2v) is 7.44. The number of thiazole rings is 1. The van der Waals surface area contributed by atoms with Crippen LogP contribution in [0.2, 0.25) is 0 Å². The second kappa shape index (κ2) is 9.84. The van der Waals surface area contributed by atoms with Crippen LogP contribution in [0.15, 0.2) is 53.9 Å². The molecule has 3 rings (SSSR count). The van der Waals surface area contributed by atoms with Crippen LogP contribution < -0.4 is 10.6 Å². The number of amides is 2. The van der Waals surface area contributed by atoms with Crippen molar-refractivity contribution in [1.82, 2.24) is 10.3 Å². The molecule has 2 amide bonds. The summed E-state index contributed by atoms with van der Waals surface area (Å²) in [6, 6.07) is 15.0. The lowest BCUT2D eigenvalue weighted by Gasteiger charge is -2.09. The van der Waals surface area contributed by atoms with Crippen molar-refractivity contribution >= 4 is 29.0 Å². The van der Waals surface area contributed by atoms with Gasteiger partial charge >= 0.3 is 6.09 Å². The molecule has 150 valence electrons. The minimum Gasteiger partial charge on any atom is -0.450 e. The molecule has 0 aliphatic rings. The van der Waals surface area contributed by atoms with Gasteiger partial charge in [-0.1, -0.05) is 30.3 Å². The fourth-order valence-corrected chi connectivity index (χ4v) is 3.41. The highest BCUT2D eigenvalue weighted by atomic mass is 32.1. The van der Waals surface area contributed by atoms with Crippen LogP contribution in [0.1, 0.15) is 27.9 Å². The van der Waals surface area contributed by atoms with E-state index in [1.54, 1.807) is 42.5 Å². The van der Waals surface area contributed by atoms with Crippen molar-refractivity contribution in [2.75, 3.05) is 18.5 Å². The van der Waals surface area contributed by atoms with Crippen LogP contribution in [0.3, 0.4) is 0 Å². The van der Waals surface area contributed by atoms with E-state index in [4.69, 9.17) is 4.74 Å². The Hall–Kier alpha value is -3.19. The molecule has 0 bridgehead atoms. The summed E-state index contributed by atoms with van der Waals surface area (Å²) in [5, 5.41) is 8.60. The average Bonchev–Trinajstić information content (AvgIpc) is 3.15. The van der Waals surface area contributed by atoms with Gasteiger partial charge in [-0.05, 0) is 44.0 Å². The second-order valence-electron chi connectivity index (χ2n) is 6.38. The largest absolute Gasteiger partial charge is 0.450 e. The fourth-order valence-electron chi connectivity index (χ4n) is 2.78. The van der Waals surface area contributed by atoms with E-state index in [9.17, 15) is 9.59 Å². The molecule has 7 heteroatoms. The lowest BCUT2D eigenvalue weighted by atomic mass is 10.1. The van der Waals surface area contributed by atoms with Crippen molar-refractivity contribution in [3.05, 3.63) is 70.0 Å². The van der Waals surface area contributed by atoms with Gasteiger partial charge in [-0.2, -0.15) is 0 Å². The van der Waals surface area contributed by atoms with Crippen molar-refractivity contribution in [1.29, 1.82) is 0 Å². The number of aryl methyl sites for hydroxylation is 1. The van der Waals surface area contributed by atoms with Gasteiger partial charge in [0.05, 0.1) is 17.3 Å². The number of benzene rings is 2. The molecule has 1 aromatic heterocycles. The summed E-state index contributed by atoms with van der Waals surface area (Å²) in [5.74, 6) is -0.188. The minimum absolute atomic E-state index is 0.188. The molecule has 0 atom stereocenters. The smallest absolute Gasteiger partial charge is 0.411 e. The van der Waals surface area contributed by atoms with Crippen LogP contribution in [0.4, 0.5) is 10.5 Å². The van der Waals surface area contributed by atoms with E-state index < -0.39 is 6.09 Å². The highest BCUT2D eigenvalue weighted by Crippen LogP contribution is 2.21. The number of hydrogen-bond donors (Lipinski definition) is 2. The third-order valence-electron chi connectivity index (χ3n) is 4.21. The van der Waals surface area contributed by atoms with Crippen LogP contribution in [-0.2, 0) is 11.2 Å². The molecule has 0 radical (unpaired) electrons. The van der Waals surface area contributed by atoms with Gasteiger partial charge in [0.1, 0.15) is 0 Å². The summed E-state index contributed by atoms with van der Waals surface area (Å²) in [5.41, 5.74) is 4.22. The number of carbonyl (C=O) groups is 2. The molecule has 29 heavy (non-hydrogen) atoms. The number of ether oxygens (including phenoxy) is 1. The van der Waals surface area contributed by atoms with Gasteiger partial charge in [-0.15, -0.1) is 11.3 Å². The van der Waals surface area contributed by atoms with E-state index in [-0.39, 0.29) is 12.5 Å². The van der Waals surface area contributed by atoms with E-state index >= 15 is 0 Å². The Kier molecular flexibility index (Phi) is 6.97. The standard InChI is InChI=1S/C22H23N3O3S/c1-3-28-22(27)25-19-6-4-5-18(13-19)21(26)23-12-11-16-7-9-17(10-8-16)20-14-29-15(2)24-20/h4-10,13-14H,3,11-12H2,1-2H3,(H,23,26)(H,25,27). The van der Waals surface area contributed by atoms with Gasteiger partial charge in [0.25, 0.3) is 5.91 Å². The SMILES string of the molecule is CCOC(=O)Nc1cccc(C(=O)NCCc2ccc(-c3csc(C)n3)cc2)c1. The first-order valence-corrected chi connectivity index (χ1v) is 10.3. The zero-order chi connectivity index (χ0) is 20.6. The number of carbonyl (C=O) groups excluding carboxylic acids is 2. The van der Waals surface area contributed by atoms with Crippen molar-refractivity contribution < 1.29 is 14.3 Å². The van der Waals surface area contributed by atoms with E-state index in [1.165, 1.54) is 0 Å². The molecule has 0 saturated heterocycles. The Morgan fingerprint density at radius 1 is 1.14 bits per heavy atom. The van der Waals surface area contributed by atoms with Gasteiger partial charge in [0, 0.05) is 28.7 Å². The first-order valence-electron chi connectivity index (χ1n) is 9.38. The number of nitrogens with one attached hydrogen (secondary N) is 2. The normalized spacial score (nSPS) is 10.4. The molecule has 0 aliphatic carbocycles. The molecular formula is C22H23N3O3S. The highest BCUT2D eigenvalue weighted by Gasteiger charge is 2.08. The maximum Gasteiger partial charge on any atom is 0.411 e. The third kappa shape index (κ3) is 5.89. The lowest BCUT2D eigenvalue weighted by molar-refractivity contribution is 0.0954. The van der Waals surface area contributed by atoms with Crippen LogP contribution in [-0.4, -0.2) is 30.1 Å². The molecule has 0 unspecified atom stereocenters. The van der Waals surface area contributed by atoms with Crippen LogP contribution in [0.25, 0.3) is 11.3 Å². The van der Waals surface area contributed by atoms with Crippen LogP contribution in [0, 0.1) is 6.92 Å². The Bertz CT molecular complexity index is 983.